The molecule has 0 fully saturated rings. The van der Waals surface area contributed by atoms with Gasteiger partial charge >= 0.3 is 0 Å². The Kier molecular flexibility index (Phi) is 5.45. The fourth-order valence-corrected chi connectivity index (χ4v) is 3.39. The van der Waals surface area contributed by atoms with Gasteiger partial charge in [0.15, 0.2) is 9.84 Å². The Bertz CT molecular complexity index is 777. The summed E-state index contributed by atoms with van der Waals surface area (Å²) in [6, 6.07) is 12.9. The van der Waals surface area contributed by atoms with E-state index in [1.807, 2.05) is 6.07 Å². The van der Waals surface area contributed by atoms with Crippen LogP contribution in [0, 0.1) is 0 Å². The lowest BCUT2D eigenvalue weighted by molar-refractivity contribution is -0.115. The van der Waals surface area contributed by atoms with E-state index in [2.05, 4.69) is 5.32 Å². The molecule has 1 amide bonds. The number of amides is 1. The molecule has 0 spiro atoms. The van der Waals surface area contributed by atoms with Crippen LogP contribution in [-0.2, 0) is 14.6 Å². The zero-order chi connectivity index (χ0) is 16.2. The maximum Gasteiger partial charge on any atom is 0.225 e. The Labute approximate surface area is 139 Å². The Morgan fingerprint density at radius 3 is 2.32 bits per heavy atom. The van der Waals surface area contributed by atoms with Gasteiger partial charge in [-0.15, -0.1) is 0 Å². The summed E-state index contributed by atoms with van der Waals surface area (Å²) in [5, 5.41) is 3.08. The smallest absolute Gasteiger partial charge is 0.225 e. The third-order valence-electron chi connectivity index (χ3n) is 2.91. The van der Waals surface area contributed by atoms with E-state index in [4.69, 9.17) is 23.2 Å². The van der Waals surface area contributed by atoms with E-state index in [1.165, 1.54) is 18.2 Å². The lowest BCUT2D eigenvalue weighted by Crippen LogP contribution is -2.17. The number of para-hydroxylation sites is 1. The van der Waals surface area contributed by atoms with Gasteiger partial charge in [0.1, 0.15) is 0 Å². The second-order valence-electron chi connectivity index (χ2n) is 4.56. The zero-order valence-corrected chi connectivity index (χ0v) is 13.8. The lowest BCUT2D eigenvalue weighted by atomic mass is 10.3. The first-order valence-corrected chi connectivity index (χ1v) is 8.82. The fraction of sp³-hybridized carbons (Fsp3) is 0.133. The summed E-state index contributed by atoms with van der Waals surface area (Å²) in [5.74, 6) is -0.668. The average Bonchev–Trinajstić information content (AvgIpc) is 2.49. The van der Waals surface area contributed by atoms with Crippen LogP contribution >= 0.6 is 23.2 Å². The molecular formula is C15H13Cl2NO3S. The number of carbonyl (C=O) groups is 1. The van der Waals surface area contributed by atoms with Gasteiger partial charge in [-0.3, -0.25) is 4.79 Å². The van der Waals surface area contributed by atoms with Crippen LogP contribution in [0.3, 0.4) is 0 Å². The maximum atomic E-state index is 12.2. The first kappa shape index (κ1) is 16.8. The molecule has 0 aliphatic carbocycles. The molecule has 0 heterocycles. The summed E-state index contributed by atoms with van der Waals surface area (Å²) in [4.78, 5) is 11.8. The SMILES string of the molecule is O=C(CCS(=O)(=O)c1ccc(Cl)c(Cl)c1)Nc1ccccc1. The van der Waals surface area contributed by atoms with Crippen molar-refractivity contribution >= 4 is 44.6 Å². The van der Waals surface area contributed by atoms with Gasteiger partial charge in [0, 0.05) is 12.1 Å². The summed E-state index contributed by atoms with van der Waals surface area (Å²) in [7, 11) is -3.59. The molecule has 0 aliphatic heterocycles. The minimum atomic E-state index is -3.59. The highest BCUT2D eigenvalue weighted by molar-refractivity contribution is 7.91. The number of anilines is 1. The normalized spacial score (nSPS) is 11.2. The Morgan fingerprint density at radius 1 is 1.00 bits per heavy atom. The first-order valence-electron chi connectivity index (χ1n) is 6.41. The quantitative estimate of drug-likeness (QED) is 0.884. The molecule has 7 heteroatoms. The standard InChI is InChI=1S/C15H13Cl2NO3S/c16-13-7-6-12(10-14(13)17)22(20,21)9-8-15(19)18-11-4-2-1-3-5-11/h1-7,10H,8-9H2,(H,18,19). The van der Waals surface area contributed by atoms with Crippen molar-refractivity contribution in [3.63, 3.8) is 0 Å². The van der Waals surface area contributed by atoms with Crippen molar-refractivity contribution in [2.45, 2.75) is 11.3 Å². The topological polar surface area (TPSA) is 63.2 Å². The van der Waals surface area contributed by atoms with E-state index < -0.39 is 9.84 Å². The molecule has 0 atom stereocenters. The number of rotatable bonds is 5. The molecule has 0 bridgehead atoms. The van der Waals surface area contributed by atoms with Crippen molar-refractivity contribution < 1.29 is 13.2 Å². The molecule has 2 aromatic rings. The summed E-state index contributed by atoms with van der Waals surface area (Å²) in [5.41, 5.74) is 0.624. The molecule has 0 radical (unpaired) electrons. The third-order valence-corrected chi connectivity index (χ3v) is 5.36. The minimum absolute atomic E-state index is 0.0504. The van der Waals surface area contributed by atoms with Gasteiger partial charge in [-0.25, -0.2) is 8.42 Å². The molecule has 0 aliphatic rings. The van der Waals surface area contributed by atoms with Crippen molar-refractivity contribution in [2.75, 3.05) is 11.1 Å². The number of hydrogen-bond acceptors (Lipinski definition) is 3. The van der Waals surface area contributed by atoms with Crippen molar-refractivity contribution in [1.29, 1.82) is 0 Å². The Morgan fingerprint density at radius 2 is 1.68 bits per heavy atom. The number of hydrogen-bond donors (Lipinski definition) is 1. The van der Waals surface area contributed by atoms with Gasteiger partial charge in [-0.2, -0.15) is 0 Å². The molecule has 22 heavy (non-hydrogen) atoms. The second-order valence-corrected chi connectivity index (χ2v) is 7.48. The number of sulfone groups is 1. The molecule has 2 rings (SSSR count). The summed E-state index contributed by atoms with van der Waals surface area (Å²) in [6.07, 6.45) is -0.141. The van der Waals surface area contributed by atoms with E-state index in [0.717, 1.165) is 0 Å². The molecule has 0 saturated heterocycles. The van der Waals surface area contributed by atoms with Crippen LogP contribution in [-0.4, -0.2) is 20.1 Å². The molecule has 4 nitrogen and oxygen atoms in total. The minimum Gasteiger partial charge on any atom is -0.326 e. The van der Waals surface area contributed by atoms with Gasteiger partial charge in [0.05, 0.1) is 20.7 Å². The van der Waals surface area contributed by atoms with Crippen LogP contribution in [0.4, 0.5) is 5.69 Å². The highest BCUT2D eigenvalue weighted by Gasteiger charge is 2.17. The highest BCUT2D eigenvalue weighted by Crippen LogP contribution is 2.25. The monoisotopic (exact) mass is 357 g/mol. The van der Waals surface area contributed by atoms with Crippen LogP contribution < -0.4 is 5.32 Å². The van der Waals surface area contributed by atoms with Crippen LogP contribution in [0.2, 0.25) is 10.0 Å². The van der Waals surface area contributed by atoms with Crippen molar-refractivity contribution in [2.24, 2.45) is 0 Å². The van der Waals surface area contributed by atoms with Crippen LogP contribution in [0.15, 0.2) is 53.4 Å². The Hall–Kier alpha value is -1.56. The van der Waals surface area contributed by atoms with Crippen LogP contribution in [0.1, 0.15) is 6.42 Å². The number of carbonyl (C=O) groups excluding carboxylic acids is 1. The zero-order valence-electron chi connectivity index (χ0n) is 11.4. The van der Waals surface area contributed by atoms with E-state index in [-0.39, 0.29) is 33.0 Å². The number of halogens is 2. The van der Waals surface area contributed by atoms with Gasteiger partial charge in [-0.1, -0.05) is 41.4 Å². The van der Waals surface area contributed by atoms with Crippen molar-refractivity contribution in [3.05, 3.63) is 58.6 Å². The molecule has 116 valence electrons. The number of benzene rings is 2. The van der Waals surface area contributed by atoms with Gasteiger partial charge < -0.3 is 5.32 Å². The molecule has 0 aromatic heterocycles. The molecular weight excluding hydrogens is 345 g/mol. The molecule has 2 aromatic carbocycles. The largest absolute Gasteiger partial charge is 0.326 e. The third kappa shape index (κ3) is 4.47. The predicted octanol–water partition coefficient (Wildman–Crippen LogP) is 3.80. The predicted molar refractivity (Wildman–Crippen MR) is 88.2 cm³/mol. The molecule has 1 N–H and O–H groups in total. The Balaban J connectivity index is 2.00. The van der Waals surface area contributed by atoms with Crippen molar-refractivity contribution in [1.82, 2.24) is 0 Å². The average molecular weight is 358 g/mol. The van der Waals surface area contributed by atoms with E-state index >= 15 is 0 Å². The summed E-state index contributed by atoms with van der Waals surface area (Å²) < 4.78 is 24.3. The summed E-state index contributed by atoms with van der Waals surface area (Å²) >= 11 is 11.6. The summed E-state index contributed by atoms with van der Waals surface area (Å²) in [6.45, 7) is 0. The number of nitrogens with one attached hydrogen (secondary N) is 1. The fourth-order valence-electron chi connectivity index (χ4n) is 1.76. The van der Waals surface area contributed by atoms with Gasteiger partial charge in [-0.05, 0) is 30.3 Å². The van der Waals surface area contributed by atoms with E-state index in [0.29, 0.717) is 5.69 Å². The van der Waals surface area contributed by atoms with Crippen LogP contribution in [0.25, 0.3) is 0 Å². The lowest BCUT2D eigenvalue weighted by Gasteiger charge is -2.07. The first-order chi connectivity index (χ1) is 10.4. The van der Waals surface area contributed by atoms with Crippen molar-refractivity contribution in [3.8, 4) is 0 Å². The van der Waals surface area contributed by atoms with E-state index in [1.54, 1.807) is 24.3 Å². The van der Waals surface area contributed by atoms with Crippen LogP contribution in [0.5, 0.6) is 0 Å². The highest BCUT2D eigenvalue weighted by atomic mass is 35.5. The maximum absolute atomic E-state index is 12.2. The van der Waals surface area contributed by atoms with Gasteiger partial charge in [0.2, 0.25) is 5.91 Å². The van der Waals surface area contributed by atoms with E-state index in [9.17, 15) is 13.2 Å². The molecule has 0 unspecified atom stereocenters. The second kappa shape index (κ2) is 7.13. The molecule has 0 saturated carbocycles. The van der Waals surface area contributed by atoms with Gasteiger partial charge in [0.25, 0.3) is 0 Å².